The number of nitrogens with zero attached hydrogens (tertiary/aromatic N) is 1. The lowest BCUT2D eigenvalue weighted by atomic mass is 9.57. The normalized spacial score (nSPS) is 36.2. The first-order chi connectivity index (χ1) is 18.0. The van der Waals surface area contributed by atoms with E-state index in [0.717, 1.165) is 42.6 Å². The fraction of sp³-hybridized carbons (Fsp3) is 0.667. The van der Waals surface area contributed by atoms with Crippen LogP contribution in [0.4, 0.5) is 0 Å². The van der Waals surface area contributed by atoms with E-state index in [0.29, 0.717) is 30.6 Å². The highest BCUT2D eigenvalue weighted by atomic mass is 16.4. The van der Waals surface area contributed by atoms with E-state index in [4.69, 9.17) is 4.42 Å². The SMILES string of the molecule is C=C1C(=CC=C2CCC[C@]3(C)[C@@H](C(C)(C)C=C[C@H](O)C4(c5ncc(CC)o5)CC4)CC[C@@H]23)C[C@@H](O)C[C@@H]1O. The third-order valence-electron chi connectivity index (χ3n) is 10.5. The first kappa shape index (κ1) is 27.6. The second kappa shape index (κ2) is 10.2. The van der Waals surface area contributed by atoms with Gasteiger partial charge in [-0.05, 0) is 85.2 Å². The first-order valence-corrected chi connectivity index (χ1v) is 14.8. The van der Waals surface area contributed by atoms with Crippen molar-refractivity contribution in [3.05, 3.63) is 65.5 Å². The third kappa shape index (κ3) is 4.91. The number of hydrogen-bond acceptors (Lipinski definition) is 5. The van der Waals surface area contributed by atoms with E-state index in [1.54, 1.807) is 6.20 Å². The summed E-state index contributed by atoms with van der Waals surface area (Å²) in [7, 11) is 0. The largest absolute Gasteiger partial charge is 0.445 e. The molecule has 5 heteroatoms. The fourth-order valence-electron chi connectivity index (χ4n) is 8.04. The minimum Gasteiger partial charge on any atom is -0.445 e. The van der Waals surface area contributed by atoms with Crippen LogP contribution >= 0.6 is 0 Å². The van der Waals surface area contributed by atoms with Gasteiger partial charge in [-0.15, -0.1) is 0 Å². The molecule has 5 nitrogen and oxygen atoms in total. The molecular weight excluding hydrogens is 474 g/mol. The standard InChI is InChI=1S/C33H47NO4/c1-6-25-20-34-30(38-25)33(16-17-33)29(37)13-15-31(3,4)28-12-11-26-22(8-7-14-32(26,28)5)9-10-23-18-24(35)19-27(36)21(23)2/h9-10,13,15,20,24,26-29,35-37H,2,6-8,11-12,14,16-19H2,1,3-5H3/t24-,26+,27+,28-,29+,32+/m1/s1. The van der Waals surface area contributed by atoms with Gasteiger partial charge in [0.25, 0.3) is 0 Å². The van der Waals surface area contributed by atoms with Gasteiger partial charge in [0.15, 0.2) is 0 Å². The minimum absolute atomic E-state index is 0.0431. The Morgan fingerprint density at radius 2 is 1.97 bits per heavy atom. The van der Waals surface area contributed by atoms with Crippen LogP contribution in [0.15, 0.2) is 58.2 Å². The molecule has 5 rings (SSSR count). The maximum Gasteiger partial charge on any atom is 0.203 e. The molecule has 6 atom stereocenters. The molecule has 0 aliphatic heterocycles. The van der Waals surface area contributed by atoms with Crippen molar-refractivity contribution in [2.24, 2.45) is 22.7 Å². The molecule has 1 heterocycles. The molecule has 4 aliphatic rings. The van der Waals surface area contributed by atoms with Gasteiger partial charge in [-0.25, -0.2) is 4.98 Å². The number of aliphatic hydroxyl groups is 3. The highest BCUT2D eigenvalue weighted by Gasteiger charge is 2.55. The van der Waals surface area contributed by atoms with Crippen LogP contribution in [-0.2, 0) is 11.8 Å². The molecule has 1 aromatic rings. The Hall–Kier alpha value is -1.95. The molecule has 0 unspecified atom stereocenters. The summed E-state index contributed by atoms with van der Waals surface area (Å²) in [5.74, 6) is 2.63. The van der Waals surface area contributed by atoms with E-state index in [-0.39, 0.29) is 16.2 Å². The van der Waals surface area contributed by atoms with E-state index in [2.05, 4.69) is 57.5 Å². The van der Waals surface area contributed by atoms with Crippen LogP contribution in [0.2, 0.25) is 0 Å². The molecule has 0 aromatic carbocycles. The maximum absolute atomic E-state index is 11.2. The second-order valence-corrected chi connectivity index (χ2v) is 13.4. The van der Waals surface area contributed by atoms with E-state index in [9.17, 15) is 15.3 Å². The Balaban J connectivity index is 1.32. The van der Waals surface area contributed by atoms with Gasteiger partial charge in [0.2, 0.25) is 5.89 Å². The predicted octanol–water partition coefficient (Wildman–Crippen LogP) is 6.35. The van der Waals surface area contributed by atoms with Gasteiger partial charge in [-0.3, -0.25) is 0 Å². The van der Waals surface area contributed by atoms with Gasteiger partial charge < -0.3 is 19.7 Å². The van der Waals surface area contributed by atoms with Crippen LogP contribution in [0.3, 0.4) is 0 Å². The summed E-state index contributed by atoms with van der Waals surface area (Å²) < 4.78 is 5.95. The third-order valence-corrected chi connectivity index (χ3v) is 10.5. The molecule has 3 N–H and O–H groups in total. The molecule has 208 valence electrons. The summed E-state index contributed by atoms with van der Waals surface area (Å²) in [6.45, 7) is 13.3. The molecule has 0 spiro atoms. The van der Waals surface area contributed by atoms with Crippen LogP contribution in [0.5, 0.6) is 0 Å². The number of hydrogen-bond donors (Lipinski definition) is 3. The average molecular weight is 522 g/mol. The van der Waals surface area contributed by atoms with Crippen molar-refractivity contribution in [2.45, 2.75) is 116 Å². The van der Waals surface area contributed by atoms with Gasteiger partial charge in [0, 0.05) is 12.8 Å². The highest BCUT2D eigenvalue weighted by Crippen LogP contribution is 2.62. The summed E-state index contributed by atoms with van der Waals surface area (Å²) in [4.78, 5) is 4.50. The summed E-state index contributed by atoms with van der Waals surface area (Å²) >= 11 is 0. The van der Waals surface area contributed by atoms with Crippen molar-refractivity contribution in [1.29, 1.82) is 0 Å². The number of aromatic nitrogens is 1. The number of rotatable bonds is 7. The van der Waals surface area contributed by atoms with Crippen LogP contribution in [0, 0.1) is 22.7 Å². The van der Waals surface area contributed by atoms with Gasteiger partial charge in [0.05, 0.1) is 29.9 Å². The number of allylic oxidation sites excluding steroid dienone is 4. The molecule has 0 saturated heterocycles. The molecule has 4 aliphatic carbocycles. The number of aryl methyl sites for hydroxylation is 1. The highest BCUT2D eigenvalue weighted by molar-refractivity contribution is 5.39. The Morgan fingerprint density at radius 3 is 2.66 bits per heavy atom. The van der Waals surface area contributed by atoms with Crippen molar-refractivity contribution in [3.63, 3.8) is 0 Å². The lowest BCUT2D eigenvalue weighted by molar-refractivity contribution is 0.0705. The Bertz CT molecular complexity index is 1140. The summed E-state index contributed by atoms with van der Waals surface area (Å²) in [5, 5.41) is 31.6. The van der Waals surface area contributed by atoms with Crippen molar-refractivity contribution >= 4 is 0 Å². The smallest absolute Gasteiger partial charge is 0.203 e. The fourth-order valence-corrected chi connectivity index (χ4v) is 8.04. The van der Waals surface area contributed by atoms with Gasteiger partial charge in [-0.2, -0.15) is 0 Å². The first-order valence-electron chi connectivity index (χ1n) is 14.8. The van der Waals surface area contributed by atoms with Crippen LogP contribution in [-0.4, -0.2) is 38.6 Å². The average Bonchev–Trinajstić information content (AvgIpc) is 3.38. The van der Waals surface area contributed by atoms with E-state index in [1.807, 2.05) is 6.08 Å². The molecule has 0 bridgehead atoms. The zero-order valence-corrected chi connectivity index (χ0v) is 23.7. The number of fused-ring (bicyclic) bond motifs is 1. The van der Waals surface area contributed by atoms with Crippen molar-refractivity contribution in [3.8, 4) is 0 Å². The Morgan fingerprint density at radius 1 is 1.21 bits per heavy atom. The molecule has 1 aromatic heterocycles. The molecular formula is C33H47NO4. The number of oxazole rings is 1. The topological polar surface area (TPSA) is 86.7 Å². The van der Waals surface area contributed by atoms with Crippen LogP contribution < -0.4 is 0 Å². The zero-order valence-electron chi connectivity index (χ0n) is 23.7. The summed E-state index contributed by atoms with van der Waals surface area (Å²) in [6.07, 6.45) is 18.2. The molecule has 4 fully saturated rings. The Kier molecular flexibility index (Phi) is 7.43. The van der Waals surface area contributed by atoms with Crippen LogP contribution in [0.1, 0.15) is 97.1 Å². The van der Waals surface area contributed by atoms with Crippen molar-refractivity contribution in [1.82, 2.24) is 4.98 Å². The zero-order chi connectivity index (χ0) is 27.3. The van der Waals surface area contributed by atoms with E-state index < -0.39 is 18.3 Å². The molecule has 0 amide bonds. The number of aliphatic hydroxyl groups excluding tert-OH is 3. The monoisotopic (exact) mass is 521 g/mol. The van der Waals surface area contributed by atoms with Crippen molar-refractivity contribution < 1.29 is 19.7 Å². The molecule has 4 saturated carbocycles. The summed E-state index contributed by atoms with van der Waals surface area (Å²) in [5.41, 5.74) is 3.04. The van der Waals surface area contributed by atoms with Gasteiger partial charge >= 0.3 is 0 Å². The quantitative estimate of drug-likeness (QED) is 0.364. The van der Waals surface area contributed by atoms with E-state index >= 15 is 0 Å². The lowest BCUT2D eigenvalue weighted by Gasteiger charge is -2.47. The second-order valence-electron chi connectivity index (χ2n) is 13.4. The van der Waals surface area contributed by atoms with Gasteiger partial charge in [0.1, 0.15) is 5.76 Å². The van der Waals surface area contributed by atoms with Crippen molar-refractivity contribution in [2.75, 3.05) is 0 Å². The molecule has 38 heavy (non-hydrogen) atoms. The van der Waals surface area contributed by atoms with E-state index in [1.165, 1.54) is 31.3 Å². The summed E-state index contributed by atoms with van der Waals surface area (Å²) in [6, 6.07) is 0. The Labute approximate surface area is 228 Å². The molecule has 0 radical (unpaired) electrons. The predicted molar refractivity (Wildman–Crippen MR) is 150 cm³/mol. The van der Waals surface area contributed by atoms with Crippen LogP contribution in [0.25, 0.3) is 0 Å². The maximum atomic E-state index is 11.2. The minimum atomic E-state index is -0.647. The lowest BCUT2D eigenvalue weighted by Crippen LogP contribution is -2.39. The van der Waals surface area contributed by atoms with Gasteiger partial charge in [-0.1, -0.05) is 64.2 Å².